The predicted molar refractivity (Wildman–Crippen MR) is 62.1 cm³/mol. The van der Waals surface area contributed by atoms with Crippen molar-refractivity contribution < 1.29 is 5.11 Å². The second-order valence-electron chi connectivity index (χ2n) is 3.58. The van der Waals surface area contributed by atoms with Crippen molar-refractivity contribution in [3.63, 3.8) is 0 Å². The van der Waals surface area contributed by atoms with Gasteiger partial charge in [0.15, 0.2) is 11.4 Å². The number of rotatable bonds is 2. The Bertz CT molecular complexity index is 592. The first-order valence-corrected chi connectivity index (χ1v) is 5.40. The molecule has 84 valence electrons. The van der Waals surface area contributed by atoms with Crippen LogP contribution in [0.25, 0.3) is 5.65 Å². The molecule has 0 atom stereocenters. The fourth-order valence-corrected chi connectivity index (χ4v) is 1.81. The van der Waals surface area contributed by atoms with E-state index in [4.69, 9.17) is 11.6 Å². The molecule has 16 heavy (non-hydrogen) atoms. The Labute approximate surface area is 97.1 Å². The van der Waals surface area contributed by atoms with Crippen molar-refractivity contribution in [2.45, 2.75) is 19.8 Å². The lowest BCUT2D eigenvalue weighted by Crippen LogP contribution is -2.19. The number of hydrogen-bond acceptors (Lipinski definition) is 3. The molecule has 2 aromatic rings. The molecule has 0 spiro atoms. The van der Waals surface area contributed by atoms with Crippen molar-refractivity contribution in [1.82, 2.24) is 9.38 Å². The van der Waals surface area contributed by atoms with E-state index in [1.165, 1.54) is 22.9 Å². The van der Waals surface area contributed by atoms with Crippen LogP contribution in [0.3, 0.4) is 0 Å². The van der Waals surface area contributed by atoms with Crippen molar-refractivity contribution in [2.24, 2.45) is 0 Å². The zero-order chi connectivity index (χ0) is 11.7. The Balaban J connectivity index is 2.78. The van der Waals surface area contributed by atoms with Crippen LogP contribution in [0.5, 0.6) is 5.75 Å². The van der Waals surface area contributed by atoms with E-state index in [1.54, 1.807) is 0 Å². The maximum absolute atomic E-state index is 12.0. The summed E-state index contributed by atoms with van der Waals surface area (Å²) in [6, 6.07) is 1.36. The van der Waals surface area contributed by atoms with Crippen molar-refractivity contribution in [2.75, 3.05) is 0 Å². The first-order valence-electron chi connectivity index (χ1n) is 5.02. The van der Waals surface area contributed by atoms with Crippen LogP contribution in [-0.4, -0.2) is 14.5 Å². The topological polar surface area (TPSA) is 54.6 Å². The summed E-state index contributed by atoms with van der Waals surface area (Å²) in [7, 11) is 0. The smallest absolute Gasteiger partial charge is 0.261 e. The van der Waals surface area contributed by atoms with Crippen LogP contribution in [0, 0.1) is 0 Å². The van der Waals surface area contributed by atoms with Gasteiger partial charge in [-0.2, -0.15) is 0 Å². The van der Waals surface area contributed by atoms with Gasteiger partial charge < -0.3 is 5.11 Å². The van der Waals surface area contributed by atoms with E-state index in [0.717, 1.165) is 6.42 Å². The highest BCUT2D eigenvalue weighted by Crippen LogP contribution is 2.20. The largest absolute Gasteiger partial charge is 0.504 e. The number of fused-ring (bicyclic) bond motifs is 1. The molecule has 0 bridgehead atoms. The van der Waals surface area contributed by atoms with E-state index in [2.05, 4.69) is 4.98 Å². The van der Waals surface area contributed by atoms with Crippen LogP contribution < -0.4 is 5.56 Å². The average Bonchev–Trinajstić information content (AvgIpc) is 2.23. The summed E-state index contributed by atoms with van der Waals surface area (Å²) >= 11 is 5.78. The summed E-state index contributed by atoms with van der Waals surface area (Å²) in [5, 5.41) is 9.90. The Morgan fingerprint density at radius 3 is 3.00 bits per heavy atom. The van der Waals surface area contributed by atoms with Crippen LogP contribution >= 0.6 is 11.6 Å². The summed E-state index contributed by atoms with van der Waals surface area (Å²) < 4.78 is 1.28. The number of halogens is 1. The van der Waals surface area contributed by atoms with Gasteiger partial charge >= 0.3 is 0 Å². The van der Waals surface area contributed by atoms with Gasteiger partial charge in [-0.05, 0) is 6.42 Å². The molecule has 2 heterocycles. The van der Waals surface area contributed by atoms with Gasteiger partial charge in [0.1, 0.15) is 0 Å². The first-order chi connectivity index (χ1) is 7.63. The fourth-order valence-electron chi connectivity index (χ4n) is 1.61. The molecule has 0 aliphatic heterocycles. The predicted octanol–water partition coefficient (Wildman–Crippen LogP) is 2.01. The molecular formula is C11H11ClN2O2. The van der Waals surface area contributed by atoms with Crippen LogP contribution in [-0.2, 0) is 6.42 Å². The number of aryl methyl sites for hydroxylation is 1. The van der Waals surface area contributed by atoms with Gasteiger partial charge in [-0.25, -0.2) is 4.98 Å². The zero-order valence-corrected chi connectivity index (χ0v) is 9.53. The molecule has 4 nitrogen and oxygen atoms in total. The lowest BCUT2D eigenvalue weighted by atomic mass is 10.2. The third-order valence-corrected chi connectivity index (χ3v) is 2.55. The molecule has 0 aliphatic carbocycles. The lowest BCUT2D eigenvalue weighted by molar-refractivity contribution is 0.476. The fraction of sp³-hybridized carbons (Fsp3) is 0.273. The monoisotopic (exact) mass is 238 g/mol. The summed E-state index contributed by atoms with van der Waals surface area (Å²) in [6.45, 7) is 1.99. The molecule has 0 fully saturated rings. The van der Waals surface area contributed by atoms with Gasteiger partial charge in [0, 0.05) is 24.0 Å². The van der Waals surface area contributed by atoms with Crippen LogP contribution in [0.15, 0.2) is 23.3 Å². The maximum Gasteiger partial charge on any atom is 0.261 e. The Hall–Kier alpha value is -1.55. The van der Waals surface area contributed by atoms with Gasteiger partial charge in [0.2, 0.25) is 0 Å². The first kappa shape index (κ1) is 11.0. The van der Waals surface area contributed by atoms with Crippen molar-refractivity contribution in [3.8, 4) is 5.75 Å². The van der Waals surface area contributed by atoms with Gasteiger partial charge in [0.25, 0.3) is 5.56 Å². The number of nitrogens with zero attached hydrogens (tertiary/aromatic N) is 2. The zero-order valence-electron chi connectivity index (χ0n) is 8.77. The third-order valence-electron chi connectivity index (χ3n) is 2.34. The number of hydrogen-bond donors (Lipinski definition) is 1. The molecule has 0 aromatic carbocycles. The van der Waals surface area contributed by atoms with Gasteiger partial charge in [0.05, 0.1) is 5.02 Å². The molecule has 0 aliphatic rings. The Morgan fingerprint density at radius 1 is 1.56 bits per heavy atom. The van der Waals surface area contributed by atoms with E-state index in [-0.39, 0.29) is 17.0 Å². The van der Waals surface area contributed by atoms with Crippen molar-refractivity contribution >= 4 is 17.2 Å². The standard InChI is InChI=1S/C11H11ClN2O2/c1-2-3-7-5-13-10-9(15)4-8(12)6-14(10)11(7)16/h4-6,15H,2-3H2,1H3. The quantitative estimate of drug-likeness (QED) is 0.871. The van der Waals surface area contributed by atoms with E-state index in [1.807, 2.05) is 6.92 Å². The number of aromatic nitrogens is 2. The van der Waals surface area contributed by atoms with E-state index in [0.29, 0.717) is 17.0 Å². The van der Waals surface area contributed by atoms with Crippen molar-refractivity contribution in [3.05, 3.63) is 39.4 Å². The molecular weight excluding hydrogens is 228 g/mol. The average molecular weight is 239 g/mol. The second-order valence-corrected chi connectivity index (χ2v) is 4.01. The van der Waals surface area contributed by atoms with E-state index < -0.39 is 0 Å². The van der Waals surface area contributed by atoms with E-state index >= 15 is 0 Å². The highest BCUT2D eigenvalue weighted by molar-refractivity contribution is 6.30. The number of pyridine rings is 1. The van der Waals surface area contributed by atoms with Gasteiger partial charge in [-0.3, -0.25) is 9.20 Å². The molecule has 2 rings (SSSR count). The Morgan fingerprint density at radius 2 is 2.31 bits per heavy atom. The van der Waals surface area contributed by atoms with Crippen LogP contribution in [0.4, 0.5) is 0 Å². The molecule has 1 N–H and O–H groups in total. The van der Waals surface area contributed by atoms with E-state index in [9.17, 15) is 9.90 Å². The summed E-state index contributed by atoms with van der Waals surface area (Å²) in [6.07, 6.45) is 4.51. The molecule has 0 unspecified atom stereocenters. The van der Waals surface area contributed by atoms with Gasteiger partial charge in [-0.15, -0.1) is 0 Å². The molecule has 5 heteroatoms. The minimum absolute atomic E-state index is 0.0901. The molecule has 2 aromatic heterocycles. The summed E-state index contributed by atoms with van der Waals surface area (Å²) in [4.78, 5) is 16.0. The highest BCUT2D eigenvalue weighted by Gasteiger charge is 2.08. The van der Waals surface area contributed by atoms with Gasteiger partial charge in [-0.1, -0.05) is 24.9 Å². The summed E-state index contributed by atoms with van der Waals surface area (Å²) in [5.41, 5.74) is 0.681. The molecule has 0 radical (unpaired) electrons. The lowest BCUT2D eigenvalue weighted by Gasteiger charge is -2.05. The second kappa shape index (κ2) is 4.14. The number of aromatic hydroxyl groups is 1. The Kier molecular flexibility index (Phi) is 2.83. The summed E-state index contributed by atoms with van der Waals surface area (Å²) in [5.74, 6) is -0.0901. The van der Waals surface area contributed by atoms with Crippen LogP contribution in [0.1, 0.15) is 18.9 Å². The molecule has 0 saturated carbocycles. The maximum atomic E-state index is 12.0. The third kappa shape index (κ3) is 1.76. The SMILES string of the molecule is CCCc1cnc2c(O)cc(Cl)cn2c1=O. The normalized spacial score (nSPS) is 10.9. The van der Waals surface area contributed by atoms with Crippen molar-refractivity contribution in [1.29, 1.82) is 0 Å². The molecule has 0 amide bonds. The minimum atomic E-state index is -0.176. The highest BCUT2D eigenvalue weighted by atomic mass is 35.5. The molecule has 0 saturated heterocycles. The minimum Gasteiger partial charge on any atom is -0.504 e. The van der Waals surface area contributed by atoms with Crippen LogP contribution in [0.2, 0.25) is 5.02 Å².